The van der Waals surface area contributed by atoms with Gasteiger partial charge in [0.25, 0.3) is 11.8 Å². The van der Waals surface area contributed by atoms with Crippen LogP contribution in [0, 0.1) is 13.8 Å². The van der Waals surface area contributed by atoms with Crippen LogP contribution in [0.15, 0.2) is 42.5 Å². The minimum atomic E-state index is -0.183. The van der Waals surface area contributed by atoms with E-state index < -0.39 is 0 Å². The molecule has 0 bridgehead atoms. The van der Waals surface area contributed by atoms with Crippen molar-refractivity contribution in [1.82, 2.24) is 4.90 Å². The maximum atomic E-state index is 12.3. The summed E-state index contributed by atoms with van der Waals surface area (Å²) >= 11 is 0. The van der Waals surface area contributed by atoms with Crippen molar-refractivity contribution in [2.24, 2.45) is 0 Å². The summed E-state index contributed by atoms with van der Waals surface area (Å²) in [5.41, 5.74) is 4.56. The molecule has 1 aliphatic rings. The van der Waals surface area contributed by atoms with Gasteiger partial charge in [0.05, 0.1) is 11.1 Å². The SMILES string of the molecule is Cc1cccc(C)c1NCCCN1C(=O)c2ccccc2C1=O. The summed E-state index contributed by atoms with van der Waals surface area (Å²) in [6, 6.07) is 13.2. The Labute approximate surface area is 136 Å². The summed E-state index contributed by atoms with van der Waals surface area (Å²) in [6.45, 7) is 5.29. The number of hydrogen-bond donors (Lipinski definition) is 1. The van der Waals surface area contributed by atoms with Crippen LogP contribution in [-0.2, 0) is 0 Å². The molecule has 1 heterocycles. The van der Waals surface area contributed by atoms with Gasteiger partial charge in [-0.2, -0.15) is 0 Å². The summed E-state index contributed by atoms with van der Waals surface area (Å²) in [7, 11) is 0. The Morgan fingerprint density at radius 3 is 2.00 bits per heavy atom. The lowest BCUT2D eigenvalue weighted by atomic mass is 10.1. The summed E-state index contributed by atoms with van der Waals surface area (Å²) in [4.78, 5) is 25.9. The predicted molar refractivity (Wildman–Crippen MR) is 90.8 cm³/mol. The normalized spacial score (nSPS) is 13.4. The lowest BCUT2D eigenvalue weighted by Crippen LogP contribution is -2.31. The minimum Gasteiger partial charge on any atom is -0.385 e. The molecule has 1 N–H and O–H groups in total. The molecule has 0 radical (unpaired) electrons. The lowest BCUT2D eigenvalue weighted by molar-refractivity contribution is 0.0654. The molecular weight excluding hydrogens is 288 g/mol. The van der Waals surface area contributed by atoms with E-state index in [9.17, 15) is 9.59 Å². The smallest absolute Gasteiger partial charge is 0.261 e. The number of fused-ring (bicyclic) bond motifs is 1. The molecule has 0 aromatic heterocycles. The molecule has 0 saturated carbocycles. The van der Waals surface area contributed by atoms with E-state index >= 15 is 0 Å². The summed E-state index contributed by atoms with van der Waals surface area (Å²) in [5, 5.41) is 3.41. The van der Waals surface area contributed by atoms with Crippen LogP contribution >= 0.6 is 0 Å². The Bertz CT molecular complexity index is 712. The van der Waals surface area contributed by atoms with Crippen molar-refractivity contribution in [2.75, 3.05) is 18.4 Å². The number of imide groups is 1. The molecule has 0 spiro atoms. The second-order valence-corrected chi connectivity index (χ2v) is 5.85. The number of para-hydroxylation sites is 1. The van der Waals surface area contributed by atoms with E-state index in [2.05, 4.69) is 31.3 Å². The van der Waals surface area contributed by atoms with Crippen LogP contribution in [0.25, 0.3) is 0 Å². The van der Waals surface area contributed by atoms with Crippen LogP contribution in [0.1, 0.15) is 38.3 Å². The second-order valence-electron chi connectivity index (χ2n) is 5.85. The first-order valence-electron chi connectivity index (χ1n) is 7.85. The maximum Gasteiger partial charge on any atom is 0.261 e. The van der Waals surface area contributed by atoms with Crippen molar-refractivity contribution in [1.29, 1.82) is 0 Å². The molecule has 2 amide bonds. The molecule has 23 heavy (non-hydrogen) atoms. The highest BCUT2D eigenvalue weighted by atomic mass is 16.2. The van der Waals surface area contributed by atoms with E-state index in [-0.39, 0.29) is 11.8 Å². The van der Waals surface area contributed by atoms with E-state index in [1.807, 2.05) is 6.07 Å². The monoisotopic (exact) mass is 308 g/mol. The number of benzene rings is 2. The quantitative estimate of drug-likeness (QED) is 0.680. The zero-order valence-corrected chi connectivity index (χ0v) is 13.4. The first kappa shape index (κ1) is 15.3. The number of amides is 2. The van der Waals surface area contributed by atoms with Gasteiger partial charge in [0.2, 0.25) is 0 Å². The van der Waals surface area contributed by atoms with E-state index in [4.69, 9.17) is 0 Å². The molecule has 4 heteroatoms. The van der Waals surface area contributed by atoms with E-state index in [1.165, 1.54) is 16.0 Å². The number of hydrogen-bond acceptors (Lipinski definition) is 3. The van der Waals surface area contributed by atoms with Crippen molar-refractivity contribution in [3.8, 4) is 0 Å². The van der Waals surface area contributed by atoms with Gasteiger partial charge in [0, 0.05) is 18.8 Å². The first-order valence-corrected chi connectivity index (χ1v) is 7.85. The Hall–Kier alpha value is -2.62. The molecule has 0 aliphatic carbocycles. The van der Waals surface area contributed by atoms with Crippen LogP contribution in [0.3, 0.4) is 0 Å². The largest absolute Gasteiger partial charge is 0.385 e. The Morgan fingerprint density at radius 2 is 1.43 bits per heavy atom. The van der Waals surface area contributed by atoms with E-state index in [0.717, 1.165) is 18.7 Å². The van der Waals surface area contributed by atoms with Crippen molar-refractivity contribution in [2.45, 2.75) is 20.3 Å². The van der Waals surface area contributed by atoms with Gasteiger partial charge in [-0.25, -0.2) is 0 Å². The third-order valence-electron chi connectivity index (χ3n) is 4.22. The molecule has 0 atom stereocenters. The molecule has 118 valence electrons. The number of anilines is 1. The Kier molecular flexibility index (Phi) is 4.15. The predicted octanol–water partition coefficient (Wildman–Crippen LogP) is 3.40. The van der Waals surface area contributed by atoms with E-state index in [0.29, 0.717) is 17.7 Å². The van der Waals surface area contributed by atoms with Gasteiger partial charge < -0.3 is 5.32 Å². The molecule has 0 saturated heterocycles. The zero-order chi connectivity index (χ0) is 16.4. The molecule has 1 aliphatic heterocycles. The number of carbonyl (C=O) groups is 2. The van der Waals surface area contributed by atoms with Gasteiger partial charge in [-0.3, -0.25) is 14.5 Å². The second kappa shape index (κ2) is 6.24. The third kappa shape index (κ3) is 2.84. The van der Waals surface area contributed by atoms with Crippen molar-refractivity contribution < 1.29 is 9.59 Å². The standard InChI is InChI=1S/C19H20N2O2/c1-13-7-5-8-14(2)17(13)20-11-6-12-21-18(22)15-9-3-4-10-16(15)19(21)23/h3-5,7-10,20H,6,11-12H2,1-2H3. The van der Waals surface area contributed by atoms with Crippen molar-refractivity contribution in [3.63, 3.8) is 0 Å². The summed E-state index contributed by atoms with van der Waals surface area (Å²) < 4.78 is 0. The van der Waals surface area contributed by atoms with Crippen molar-refractivity contribution in [3.05, 3.63) is 64.7 Å². The third-order valence-corrected chi connectivity index (χ3v) is 4.22. The van der Waals surface area contributed by atoms with Gasteiger partial charge in [0.1, 0.15) is 0 Å². The van der Waals surface area contributed by atoms with Crippen LogP contribution in [-0.4, -0.2) is 29.8 Å². The van der Waals surface area contributed by atoms with Crippen LogP contribution in [0.4, 0.5) is 5.69 Å². The van der Waals surface area contributed by atoms with Gasteiger partial charge >= 0.3 is 0 Å². The molecule has 0 fully saturated rings. The highest BCUT2D eigenvalue weighted by Crippen LogP contribution is 2.23. The van der Waals surface area contributed by atoms with Crippen molar-refractivity contribution >= 4 is 17.5 Å². The fourth-order valence-corrected chi connectivity index (χ4v) is 2.99. The lowest BCUT2D eigenvalue weighted by Gasteiger charge is -2.16. The fraction of sp³-hybridized carbons (Fsp3) is 0.263. The molecular formula is C19H20N2O2. The van der Waals surface area contributed by atoms with Crippen LogP contribution in [0.2, 0.25) is 0 Å². The van der Waals surface area contributed by atoms with Gasteiger partial charge in [-0.15, -0.1) is 0 Å². The average Bonchev–Trinajstić information content (AvgIpc) is 2.79. The average molecular weight is 308 g/mol. The number of nitrogens with zero attached hydrogens (tertiary/aromatic N) is 1. The summed E-state index contributed by atoms with van der Waals surface area (Å²) in [5.74, 6) is -0.365. The van der Waals surface area contributed by atoms with Gasteiger partial charge in [-0.1, -0.05) is 30.3 Å². The highest BCUT2D eigenvalue weighted by Gasteiger charge is 2.34. The first-order chi connectivity index (χ1) is 11.1. The highest BCUT2D eigenvalue weighted by molar-refractivity contribution is 6.21. The molecule has 0 unspecified atom stereocenters. The molecule has 2 aromatic rings. The van der Waals surface area contributed by atoms with Gasteiger partial charge in [-0.05, 0) is 43.5 Å². The van der Waals surface area contributed by atoms with Crippen LogP contribution in [0.5, 0.6) is 0 Å². The Balaban J connectivity index is 1.58. The van der Waals surface area contributed by atoms with Gasteiger partial charge in [0.15, 0.2) is 0 Å². The maximum absolute atomic E-state index is 12.3. The number of rotatable bonds is 5. The molecule has 4 nitrogen and oxygen atoms in total. The van der Waals surface area contributed by atoms with E-state index in [1.54, 1.807) is 24.3 Å². The number of aryl methyl sites for hydroxylation is 2. The number of carbonyl (C=O) groups excluding carboxylic acids is 2. The fourth-order valence-electron chi connectivity index (χ4n) is 2.99. The molecule has 2 aromatic carbocycles. The number of nitrogens with one attached hydrogen (secondary N) is 1. The van der Waals surface area contributed by atoms with Crippen LogP contribution < -0.4 is 5.32 Å². The topological polar surface area (TPSA) is 49.4 Å². The minimum absolute atomic E-state index is 0.183. The molecule has 3 rings (SSSR count). The zero-order valence-electron chi connectivity index (χ0n) is 13.4. The Morgan fingerprint density at radius 1 is 0.870 bits per heavy atom. The summed E-state index contributed by atoms with van der Waals surface area (Å²) in [6.07, 6.45) is 0.721.